The Kier molecular flexibility index (Phi) is 8.01. The number of likely N-dealkylation sites (N-methyl/N-ethyl adjacent to an activating group) is 1. The van der Waals surface area contributed by atoms with E-state index in [1.54, 1.807) is 0 Å². The fourth-order valence-electron chi connectivity index (χ4n) is 5.20. The number of nitrogens with one attached hydrogen (secondary N) is 1. The molecule has 1 N–H and O–H groups in total. The zero-order chi connectivity index (χ0) is 19.4. The molecule has 1 aliphatic carbocycles. The normalized spacial score (nSPS) is 22.6. The van der Waals surface area contributed by atoms with Gasteiger partial charge in [-0.25, -0.2) is 4.98 Å². The van der Waals surface area contributed by atoms with Gasteiger partial charge in [0.2, 0.25) is 0 Å². The monoisotopic (exact) mass is 512 g/mol. The lowest BCUT2D eigenvalue weighted by Crippen LogP contribution is -2.45. The van der Waals surface area contributed by atoms with Gasteiger partial charge in [-0.15, -0.1) is 24.0 Å². The second kappa shape index (κ2) is 10.3. The Hall–Kier alpha value is -1.09. The zero-order valence-corrected chi connectivity index (χ0v) is 20.4. The Morgan fingerprint density at radius 3 is 2.59 bits per heavy atom. The minimum Gasteiger partial charge on any atom is -0.354 e. The van der Waals surface area contributed by atoms with Crippen LogP contribution in [0.5, 0.6) is 0 Å². The first-order valence-electron chi connectivity index (χ1n) is 11.0. The highest BCUT2D eigenvalue weighted by atomic mass is 127. The fourth-order valence-corrected chi connectivity index (χ4v) is 5.20. The van der Waals surface area contributed by atoms with Crippen LogP contribution in [0.1, 0.15) is 44.1 Å². The molecule has 0 bridgehead atoms. The molecule has 3 fully saturated rings. The van der Waals surface area contributed by atoms with E-state index >= 15 is 0 Å². The first-order chi connectivity index (χ1) is 13.7. The molecule has 1 spiro atoms. The SMILES string of the molecule is CN=C(NCc1cccnc1N1CCN(C)CC1)N1CCC2(CCCCC2)C1.I. The van der Waals surface area contributed by atoms with E-state index in [1.807, 2.05) is 19.3 Å². The number of rotatable bonds is 3. The average Bonchev–Trinajstić information content (AvgIpc) is 3.13. The van der Waals surface area contributed by atoms with Gasteiger partial charge in [-0.2, -0.15) is 0 Å². The first-order valence-corrected chi connectivity index (χ1v) is 11.0. The zero-order valence-electron chi connectivity index (χ0n) is 18.1. The number of nitrogens with zero attached hydrogens (tertiary/aromatic N) is 5. The number of anilines is 1. The van der Waals surface area contributed by atoms with Gasteiger partial charge in [0.25, 0.3) is 0 Å². The molecule has 3 aliphatic rings. The number of guanidine groups is 1. The lowest BCUT2D eigenvalue weighted by atomic mass is 9.73. The maximum atomic E-state index is 4.71. The van der Waals surface area contributed by atoms with Crippen molar-refractivity contribution in [2.24, 2.45) is 10.4 Å². The average molecular weight is 512 g/mol. The maximum absolute atomic E-state index is 4.71. The summed E-state index contributed by atoms with van der Waals surface area (Å²) in [6.45, 7) is 7.38. The molecule has 6 nitrogen and oxygen atoms in total. The molecule has 0 radical (unpaired) electrons. The number of hydrogen-bond donors (Lipinski definition) is 1. The summed E-state index contributed by atoms with van der Waals surface area (Å²) in [7, 11) is 4.11. The summed E-state index contributed by atoms with van der Waals surface area (Å²) < 4.78 is 0. The number of pyridine rings is 1. The van der Waals surface area contributed by atoms with Crippen molar-refractivity contribution >= 4 is 35.8 Å². The van der Waals surface area contributed by atoms with Crippen LogP contribution in [0.25, 0.3) is 0 Å². The van der Waals surface area contributed by atoms with Gasteiger partial charge in [-0.3, -0.25) is 4.99 Å². The summed E-state index contributed by atoms with van der Waals surface area (Å²) in [6.07, 6.45) is 10.3. The van der Waals surface area contributed by atoms with E-state index < -0.39 is 0 Å². The van der Waals surface area contributed by atoms with Gasteiger partial charge in [-0.1, -0.05) is 25.3 Å². The molecule has 2 aliphatic heterocycles. The van der Waals surface area contributed by atoms with Crippen LogP contribution < -0.4 is 10.2 Å². The van der Waals surface area contributed by atoms with Crippen LogP contribution in [0, 0.1) is 5.41 Å². The summed E-state index contributed by atoms with van der Waals surface area (Å²) in [4.78, 5) is 16.6. The fraction of sp³-hybridized carbons (Fsp3) is 0.727. The topological polar surface area (TPSA) is 47.0 Å². The third kappa shape index (κ3) is 5.34. The van der Waals surface area contributed by atoms with Gasteiger partial charge in [-0.05, 0) is 37.8 Å². The largest absolute Gasteiger partial charge is 0.354 e. The van der Waals surface area contributed by atoms with E-state index in [9.17, 15) is 0 Å². The molecule has 7 heteroatoms. The predicted molar refractivity (Wildman–Crippen MR) is 131 cm³/mol. The standard InChI is InChI=1S/C22H36N6.HI/c1-23-21(28-12-10-22(18-28)8-4-3-5-9-22)25-17-19-7-6-11-24-20(19)27-15-13-26(2)14-16-27;/h6-7,11H,3-5,8-10,12-18H2,1-2H3,(H,23,25);1H. The summed E-state index contributed by atoms with van der Waals surface area (Å²) in [5, 5.41) is 3.64. The summed E-state index contributed by atoms with van der Waals surface area (Å²) in [5.74, 6) is 2.18. The molecule has 1 saturated carbocycles. The highest BCUT2D eigenvalue weighted by Crippen LogP contribution is 2.43. The molecule has 29 heavy (non-hydrogen) atoms. The number of hydrogen-bond acceptors (Lipinski definition) is 4. The maximum Gasteiger partial charge on any atom is 0.193 e. The van der Waals surface area contributed by atoms with Gasteiger partial charge in [0.1, 0.15) is 5.82 Å². The molecule has 2 saturated heterocycles. The van der Waals surface area contributed by atoms with E-state index in [-0.39, 0.29) is 24.0 Å². The molecule has 0 amide bonds. The second-order valence-electron chi connectivity index (χ2n) is 8.91. The van der Waals surface area contributed by atoms with Crippen molar-refractivity contribution in [3.63, 3.8) is 0 Å². The smallest absolute Gasteiger partial charge is 0.193 e. The third-order valence-corrected chi connectivity index (χ3v) is 6.97. The Balaban J connectivity index is 0.00000240. The predicted octanol–water partition coefficient (Wildman–Crippen LogP) is 3.18. The van der Waals surface area contributed by atoms with E-state index in [0.29, 0.717) is 5.41 Å². The molecular weight excluding hydrogens is 475 g/mol. The number of aliphatic imine (C=N–C) groups is 1. The Morgan fingerprint density at radius 2 is 1.86 bits per heavy atom. The van der Waals surface area contributed by atoms with E-state index in [4.69, 9.17) is 4.98 Å². The highest BCUT2D eigenvalue weighted by molar-refractivity contribution is 14.0. The number of likely N-dealkylation sites (tertiary alicyclic amines) is 1. The lowest BCUT2D eigenvalue weighted by molar-refractivity contribution is 0.203. The summed E-state index contributed by atoms with van der Waals surface area (Å²) >= 11 is 0. The molecule has 1 aromatic heterocycles. The third-order valence-electron chi connectivity index (χ3n) is 6.97. The number of aromatic nitrogens is 1. The summed E-state index contributed by atoms with van der Waals surface area (Å²) in [5.41, 5.74) is 1.81. The van der Waals surface area contributed by atoms with Crippen molar-refractivity contribution in [3.05, 3.63) is 23.9 Å². The van der Waals surface area contributed by atoms with Crippen molar-refractivity contribution in [3.8, 4) is 0 Å². The second-order valence-corrected chi connectivity index (χ2v) is 8.91. The first kappa shape index (κ1) is 22.6. The Bertz CT molecular complexity index is 680. The minimum atomic E-state index is 0. The molecule has 3 heterocycles. The van der Waals surface area contributed by atoms with Gasteiger partial charge >= 0.3 is 0 Å². The highest BCUT2D eigenvalue weighted by Gasteiger charge is 2.39. The van der Waals surface area contributed by atoms with Crippen molar-refractivity contribution < 1.29 is 0 Å². The Morgan fingerprint density at radius 1 is 1.10 bits per heavy atom. The Labute approximate surface area is 193 Å². The van der Waals surface area contributed by atoms with Crippen molar-refractivity contribution in [2.45, 2.75) is 45.1 Å². The van der Waals surface area contributed by atoms with Crippen molar-refractivity contribution in [1.29, 1.82) is 0 Å². The molecule has 4 rings (SSSR count). The summed E-state index contributed by atoms with van der Waals surface area (Å²) in [6, 6.07) is 4.25. The van der Waals surface area contributed by atoms with Crippen molar-refractivity contribution in [1.82, 2.24) is 20.1 Å². The van der Waals surface area contributed by atoms with Crippen LogP contribution in [0.4, 0.5) is 5.82 Å². The van der Waals surface area contributed by atoms with Gasteiger partial charge in [0.05, 0.1) is 0 Å². The van der Waals surface area contributed by atoms with Crippen LogP contribution in [0.2, 0.25) is 0 Å². The quantitative estimate of drug-likeness (QED) is 0.383. The molecule has 1 aromatic rings. The van der Waals surface area contributed by atoms with Crippen LogP contribution in [-0.2, 0) is 6.54 Å². The van der Waals surface area contributed by atoms with Crippen LogP contribution in [-0.4, -0.2) is 74.1 Å². The van der Waals surface area contributed by atoms with Crippen molar-refractivity contribution in [2.75, 3.05) is 58.3 Å². The van der Waals surface area contributed by atoms with Gasteiger partial charge in [0, 0.05) is 64.6 Å². The van der Waals surface area contributed by atoms with E-state index in [2.05, 4.69) is 38.1 Å². The molecule has 0 atom stereocenters. The van der Waals surface area contributed by atoms with Gasteiger partial charge < -0.3 is 20.0 Å². The van der Waals surface area contributed by atoms with E-state index in [0.717, 1.165) is 51.0 Å². The number of piperazine rings is 1. The van der Waals surface area contributed by atoms with Crippen LogP contribution in [0.15, 0.2) is 23.3 Å². The van der Waals surface area contributed by atoms with E-state index in [1.165, 1.54) is 50.6 Å². The lowest BCUT2D eigenvalue weighted by Gasteiger charge is -2.34. The molecule has 0 unspecified atom stereocenters. The number of halogens is 1. The van der Waals surface area contributed by atoms with Crippen LogP contribution in [0.3, 0.4) is 0 Å². The van der Waals surface area contributed by atoms with Crippen LogP contribution >= 0.6 is 24.0 Å². The molecule has 0 aromatic carbocycles. The van der Waals surface area contributed by atoms with Gasteiger partial charge in [0.15, 0.2) is 5.96 Å². The molecular formula is C22H37IN6. The molecule has 162 valence electrons. The minimum absolute atomic E-state index is 0.